The maximum Gasteiger partial charge on any atom is 0.159 e. The molecular formula is C15H18BO. The fourth-order valence-electron chi connectivity index (χ4n) is 2.29. The molecular weight excluding hydrogens is 207 g/mol. The first-order valence-corrected chi connectivity index (χ1v) is 6.32. The Morgan fingerprint density at radius 3 is 2.88 bits per heavy atom. The van der Waals surface area contributed by atoms with Crippen molar-refractivity contribution in [2.45, 2.75) is 39.3 Å². The Morgan fingerprint density at radius 1 is 1.35 bits per heavy atom. The molecule has 2 heteroatoms. The normalized spacial score (nSPS) is 13.9. The highest BCUT2D eigenvalue weighted by molar-refractivity contribution is 6.33. The van der Waals surface area contributed by atoms with Crippen molar-refractivity contribution >= 4 is 19.1 Å². The predicted octanol–water partition coefficient (Wildman–Crippen LogP) is 3.78. The van der Waals surface area contributed by atoms with Gasteiger partial charge in [-0.25, -0.2) is 0 Å². The lowest BCUT2D eigenvalue weighted by Crippen LogP contribution is -2.02. The summed E-state index contributed by atoms with van der Waals surface area (Å²) in [6, 6.07) is 6.08. The highest BCUT2D eigenvalue weighted by Gasteiger charge is 2.11. The molecule has 0 saturated heterocycles. The molecule has 0 bridgehead atoms. The summed E-state index contributed by atoms with van der Waals surface area (Å²) in [7, 11) is 2.21. The number of rotatable bonds is 4. The van der Waals surface area contributed by atoms with E-state index in [2.05, 4.69) is 26.2 Å². The quantitative estimate of drug-likeness (QED) is 0.562. The van der Waals surface area contributed by atoms with Crippen molar-refractivity contribution in [3.05, 3.63) is 40.5 Å². The number of hydrogen-bond donors (Lipinski definition) is 0. The average molecular weight is 225 g/mol. The Bertz CT molecular complexity index is 460. The van der Waals surface area contributed by atoms with Gasteiger partial charge in [-0.15, -0.1) is 0 Å². The van der Waals surface area contributed by atoms with E-state index in [4.69, 9.17) is 0 Å². The van der Waals surface area contributed by atoms with Gasteiger partial charge in [0.1, 0.15) is 7.28 Å². The first-order chi connectivity index (χ1) is 8.20. The smallest absolute Gasteiger partial charge is 0.159 e. The number of allylic oxidation sites excluding steroid dienone is 1. The number of fused-ring (bicyclic) bond motifs is 1. The van der Waals surface area contributed by atoms with Crippen molar-refractivity contribution in [3.63, 3.8) is 0 Å². The van der Waals surface area contributed by atoms with Crippen LogP contribution in [0.5, 0.6) is 0 Å². The molecule has 0 unspecified atom stereocenters. The van der Waals surface area contributed by atoms with Gasteiger partial charge >= 0.3 is 0 Å². The lowest BCUT2D eigenvalue weighted by Gasteiger charge is -2.17. The molecule has 0 aliphatic heterocycles. The summed E-state index contributed by atoms with van der Waals surface area (Å²) in [4.78, 5) is 11.4. The Labute approximate surface area is 104 Å². The first-order valence-electron chi connectivity index (χ1n) is 6.32. The molecule has 0 saturated carbocycles. The van der Waals surface area contributed by atoms with Crippen molar-refractivity contribution in [1.82, 2.24) is 0 Å². The van der Waals surface area contributed by atoms with Crippen LogP contribution in [0.25, 0.3) is 6.08 Å². The number of benzene rings is 1. The molecule has 87 valence electrons. The second-order valence-corrected chi connectivity index (χ2v) is 4.72. The number of aryl methyl sites for hydroxylation is 1. The van der Waals surface area contributed by atoms with Gasteiger partial charge in [-0.2, -0.15) is 0 Å². The van der Waals surface area contributed by atoms with Crippen LogP contribution < -0.4 is 0 Å². The van der Waals surface area contributed by atoms with Crippen LogP contribution in [0, 0.1) is 0 Å². The zero-order valence-corrected chi connectivity index (χ0v) is 10.6. The molecule has 0 fully saturated rings. The number of Topliss-reactive ketones (excluding diaryl/α,β-unsaturated/α-hetero) is 1. The summed E-state index contributed by atoms with van der Waals surface area (Å²) in [5.74, 6) is 0.148. The van der Waals surface area contributed by atoms with E-state index in [1.807, 2.05) is 12.1 Å². The number of ketones is 1. The van der Waals surface area contributed by atoms with Crippen molar-refractivity contribution in [2.24, 2.45) is 0 Å². The first kappa shape index (κ1) is 12.2. The van der Waals surface area contributed by atoms with Gasteiger partial charge in [-0.1, -0.05) is 36.9 Å². The highest BCUT2D eigenvalue weighted by Crippen LogP contribution is 2.27. The van der Waals surface area contributed by atoms with E-state index in [9.17, 15) is 4.79 Å². The topological polar surface area (TPSA) is 17.1 Å². The van der Waals surface area contributed by atoms with Gasteiger partial charge in [0, 0.05) is 5.56 Å². The summed E-state index contributed by atoms with van der Waals surface area (Å²) in [6.07, 6.45) is 6.85. The van der Waals surface area contributed by atoms with Gasteiger partial charge in [0.25, 0.3) is 0 Å². The SMILES string of the molecule is C[B]CCC1=Cc2cc(C(C)=O)ccc2CC1. The van der Waals surface area contributed by atoms with Crippen LogP contribution >= 0.6 is 0 Å². The van der Waals surface area contributed by atoms with E-state index < -0.39 is 0 Å². The Hall–Kier alpha value is -1.31. The van der Waals surface area contributed by atoms with Gasteiger partial charge < -0.3 is 0 Å². The minimum atomic E-state index is 0.148. The Morgan fingerprint density at radius 2 is 2.18 bits per heavy atom. The zero-order valence-electron chi connectivity index (χ0n) is 10.6. The second-order valence-electron chi connectivity index (χ2n) is 4.72. The van der Waals surface area contributed by atoms with E-state index in [0.717, 1.165) is 24.7 Å². The van der Waals surface area contributed by atoms with Crippen LogP contribution in [-0.2, 0) is 6.42 Å². The number of hydrogen-bond acceptors (Lipinski definition) is 1. The van der Waals surface area contributed by atoms with Crippen LogP contribution in [0.4, 0.5) is 0 Å². The van der Waals surface area contributed by atoms with Crippen molar-refractivity contribution in [3.8, 4) is 0 Å². The lowest BCUT2D eigenvalue weighted by molar-refractivity contribution is 0.101. The van der Waals surface area contributed by atoms with Gasteiger partial charge in [-0.3, -0.25) is 4.79 Å². The van der Waals surface area contributed by atoms with E-state index in [0.29, 0.717) is 0 Å². The Balaban J connectivity index is 2.25. The lowest BCUT2D eigenvalue weighted by atomic mass is 9.74. The van der Waals surface area contributed by atoms with Crippen LogP contribution in [-0.4, -0.2) is 13.1 Å². The number of carbonyl (C=O) groups excluding carboxylic acids is 1. The molecule has 1 aromatic rings. The largest absolute Gasteiger partial charge is 0.295 e. The second kappa shape index (κ2) is 5.35. The fourth-order valence-corrected chi connectivity index (χ4v) is 2.29. The fraction of sp³-hybridized carbons (Fsp3) is 0.400. The number of carbonyl (C=O) groups is 1. The van der Waals surface area contributed by atoms with E-state index in [1.165, 1.54) is 23.1 Å². The molecule has 17 heavy (non-hydrogen) atoms. The van der Waals surface area contributed by atoms with Crippen LogP contribution in [0.1, 0.15) is 41.3 Å². The van der Waals surface area contributed by atoms with Crippen molar-refractivity contribution < 1.29 is 4.79 Å². The average Bonchev–Trinajstić information content (AvgIpc) is 2.35. The molecule has 1 aliphatic rings. The van der Waals surface area contributed by atoms with Crippen LogP contribution in [0.2, 0.25) is 13.1 Å². The summed E-state index contributed by atoms with van der Waals surface area (Å²) in [5.41, 5.74) is 4.95. The van der Waals surface area contributed by atoms with E-state index in [1.54, 1.807) is 6.92 Å². The summed E-state index contributed by atoms with van der Waals surface area (Å²) >= 11 is 0. The minimum absolute atomic E-state index is 0.148. The van der Waals surface area contributed by atoms with Crippen LogP contribution in [0.3, 0.4) is 0 Å². The van der Waals surface area contributed by atoms with Crippen molar-refractivity contribution in [2.75, 3.05) is 0 Å². The molecule has 0 atom stereocenters. The summed E-state index contributed by atoms with van der Waals surface area (Å²) < 4.78 is 0. The molecule has 1 radical (unpaired) electrons. The maximum absolute atomic E-state index is 11.4. The molecule has 1 nitrogen and oxygen atoms in total. The summed E-state index contributed by atoms with van der Waals surface area (Å²) in [5, 5.41) is 0. The molecule has 0 spiro atoms. The van der Waals surface area contributed by atoms with Gasteiger partial charge in [0.2, 0.25) is 0 Å². The van der Waals surface area contributed by atoms with E-state index >= 15 is 0 Å². The molecule has 0 amide bonds. The highest BCUT2D eigenvalue weighted by atomic mass is 16.1. The van der Waals surface area contributed by atoms with E-state index in [-0.39, 0.29) is 5.78 Å². The molecule has 0 N–H and O–H groups in total. The third-order valence-electron chi connectivity index (χ3n) is 3.38. The van der Waals surface area contributed by atoms with Crippen LogP contribution in [0.15, 0.2) is 23.8 Å². The Kier molecular flexibility index (Phi) is 3.83. The third kappa shape index (κ3) is 2.88. The standard InChI is InChI=1S/C15H18BO/c1-11(17)14-6-5-13-4-3-12(7-8-16-2)9-15(13)10-14/h5-6,9-10H,3-4,7-8H2,1-2H3. The monoisotopic (exact) mass is 225 g/mol. The zero-order chi connectivity index (χ0) is 12.3. The molecule has 0 heterocycles. The minimum Gasteiger partial charge on any atom is -0.295 e. The van der Waals surface area contributed by atoms with Gasteiger partial charge in [0.05, 0.1) is 0 Å². The molecule has 1 aliphatic carbocycles. The maximum atomic E-state index is 11.4. The third-order valence-corrected chi connectivity index (χ3v) is 3.38. The molecule has 2 rings (SSSR count). The summed E-state index contributed by atoms with van der Waals surface area (Å²) in [6.45, 7) is 3.73. The van der Waals surface area contributed by atoms with Gasteiger partial charge in [0.15, 0.2) is 5.78 Å². The predicted molar refractivity (Wildman–Crippen MR) is 73.8 cm³/mol. The van der Waals surface area contributed by atoms with Gasteiger partial charge in [-0.05, 0) is 43.4 Å². The molecule has 1 aromatic carbocycles. The van der Waals surface area contributed by atoms with Crippen molar-refractivity contribution in [1.29, 1.82) is 0 Å². The molecule has 0 aromatic heterocycles.